The Balaban J connectivity index is 2.18. The predicted octanol–water partition coefficient (Wildman–Crippen LogP) is 1.00. The van der Waals surface area contributed by atoms with E-state index in [2.05, 4.69) is 10.4 Å². The van der Waals surface area contributed by atoms with Crippen LogP contribution in [0.4, 0.5) is 5.69 Å². The lowest BCUT2D eigenvalue weighted by molar-refractivity contribution is -0.384. The van der Waals surface area contributed by atoms with Gasteiger partial charge in [0, 0.05) is 25.4 Å². The monoisotopic (exact) mass is 348 g/mol. The molecule has 10 heteroatoms. The van der Waals surface area contributed by atoms with Gasteiger partial charge in [-0.05, 0) is 25.1 Å². The maximum absolute atomic E-state index is 12.2. The summed E-state index contributed by atoms with van der Waals surface area (Å²) in [5.41, 5.74) is -1.14. The first-order chi connectivity index (χ1) is 11.8. The minimum atomic E-state index is -1.59. The van der Waals surface area contributed by atoms with E-state index in [1.807, 2.05) is 0 Å². The average Bonchev–Trinajstić information content (AvgIpc) is 3.05. The zero-order chi connectivity index (χ0) is 18.6. The molecule has 1 heterocycles. The number of aliphatic carboxylic acids is 1. The van der Waals surface area contributed by atoms with Crippen molar-refractivity contribution in [2.24, 2.45) is 0 Å². The summed E-state index contributed by atoms with van der Waals surface area (Å²) in [7, 11) is 1.33. The molecule has 1 aromatic carbocycles. The number of rotatable bonds is 7. The molecule has 10 nitrogen and oxygen atoms in total. The van der Waals surface area contributed by atoms with E-state index >= 15 is 0 Å². The van der Waals surface area contributed by atoms with Gasteiger partial charge in [-0.15, -0.1) is 0 Å². The first-order valence-corrected chi connectivity index (χ1v) is 7.12. The Labute approximate surface area is 142 Å². The average molecular weight is 348 g/mol. The molecule has 0 spiro atoms. The lowest BCUT2D eigenvalue weighted by Gasteiger charge is -2.24. The molecule has 0 saturated carbocycles. The number of carboxylic acids is 1. The molecule has 132 valence electrons. The lowest BCUT2D eigenvalue weighted by atomic mass is 10.0. The van der Waals surface area contributed by atoms with E-state index in [0.717, 1.165) is 0 Å². The van der Waals surface area contributed by atoms with Crippen LogP contribution in [-0.4, -0.2) is 50.9 Å². The summed E-state index contributed by atoms with van der Waals surface area (Å²) < 4.78 is 6.19. The summed E-state index contributed by atoms with van der Waals surface area (Å²) in [5.74, 6) is -1.92. The topological polar surface area (TPSA) is 137 Å². The van der Waals surface area contributed by atoms with E-state index in [9.17, 15) is 24.8 Å². The van der Waals surface area contributed by atoms with Crippen LogP contribution in [0.1, 0.15) is 17.4 Å². The molecule has 0 fully saturated rings. The van der Waals surface area contributed by atoms with Crippen LogP contribution in [-0.2, 0) is 9.53 Å². The third-order valence-electron chi connectivity index (χ3n) is 3.44. The molecule has 0 saturated heterocycles. The fraction of sp³-hybridized carbons (Fsp3) is 0.267. The van der Waals surface area contributed by atoms with Crippen LogP contribution >= 0.6 is 0 Å². The Morgan fingerprint density at radius 3 is 2.52 bits per heavy atom. The van der Waals surface area contributed by atoms with Crippen LogP contribution in [0, 0.1) is 10.1 Å². The highest BCUT2D eigenvalue weighted by atomic mass is 16.6. The lowest BCUT2D eigenvalue weighted by Crippen LogP contribution is -2.55. The molecule has 0 bridgehead atoms. The SMILES string of the molecule is COCC(C)(NC(=O)c1ccn(-c2ccc([N+](=O)[O-])cc2)n1)C(=O)O. The van der Waals surface area contributed by atoms with Crippen molar-refractivity contribution in [3.63, 3.8) is 0 Å². The Morgan fingerprint density at radius 2 is 2.00 bits per heavy atom. The maximum Gasteiger partial charge on any atom is 0.331 e. The van der Waals surface area contributed by atoms with E-state index < -0.39 is 22.3 Å². The van der Waals surface area contributed by atoms with Crippen molar-refractivity contribution in [3.05, 3.63) is 52.3 Å². The number of carbonyl (C=O) groups excluding carboxylic acids is 1. The van der Waals surface area contributed by atoms with Crippen molar-refractivity contribution in [1.82, 2.24) is 15.1 Å². The summed E-state index contributed by atoms with van der Waals surface area (Å²) in [4.78, 5) is 33.7. The molecule has 1 atom stereocenters. The van der Waals surface area contributed by atoms with E-state index in [4.69, 9.17) is 4.74 Å². The zero-order valence-corrected chi connectivity index (χ0v) is 13.5. The number of nitrogens with one attached hydrogen (secondary N) is 1. The van der Waals surface area contributed by atoms with E-state index in [1.54, 1.807) is 0 Å². The van der Waals surface area contributed by atoms with Gasteiger partial charge >= 0.3 is 5.97 Å². The van der Waals surface area contributed by atoms with Crippen LogP contribution in [0.3, 0.4) is 0 Å². The van der Waals surface area contributed by atoms with E-state index in [0.29, 0.717) is 5.69 Å². The van der Waals surface area contributed by atoms with Crippen LogP contribution in [0.25, 0.3) is 5.69 Å². The van der Waals surface area contributed by atoms with E-state index in [-0.39, 0.29) is 18.0 Å². The third kappa shape index (κ3) is 3.98. The minimum Gasteiger partial charge on any atom is -0.479 e. The molecule has 1 unspecified atom stereocenters. The van der Waals surface area contributed by atoms with Gasteiger partial charge in [-0.1, -0.05) is 0 Å². The second-order valence-corrected chi connectivity index (χ2v) is 5.44. The summed E-state index contributed by atoms with van der Waals surface area (Å²) in [6.07, 6.45) is 1.49. The second kappa shape index (κ2) is 7.09. The molecule has 25 heavy (non-hydrogen) atoms. The Hall–Kier alpha value is -3.27. The summed E-state index contributed by atoms with van der Waals surface area (Å²) in [6, 6.07) is 7.01. The smallest absolute Gasteiger partial charge is 0.331 e. The highest BCUT2D eigenvalue weighted by Gasteiger charge is 2.35. The number of carboxylic acid groups (broad SMARTS) is 1. The fourth-order valence-corrected chi connectivity index (χ4v) is 2.07. The summed E-state index contributed by atoms with van der Waals surface area (Å²) >= 11 is 0. The number of benzene rings is 1. The molecular weight excluding hydrogens is 332 g/mol. The highest BCUT2D eigenvalue weighted by molar-refractivity contribution is 5.96. The first-order valence-electron chi connectivity index (χ1n) is 7.12. The van der Waals surface area contributed by atoms with Gasteiger partial charge < -0.3 is 15.2 Å². The van der Waals surface area contributed by atoms with Crippen molar-refractivity contribution < 1.29 is 24.4 Å². The quantitative estimate of drug-likeness (QED) is 0.562. The first kappa shape index (κ1) is 18.1. The Kier molecular flexibility index (Phi) is 5.13. The van der Waals surface area contributed by atoms with Gasteiger partial charge in [0.15, 0.2) is 11.2 Å². The molecule has 0 aliphatic carbocycles. The summed E-state index contributed by atoms with van der Waals surface area (Å²) in [5, 5.41) is 26.3. The van der Waals surface area contributed by atoms with Crippen molar-refractivity contribution >= 4 is 17.6 Å². The van der Waals surface area contributed by atoms with Crippen LogP contribution < -0.4 is 5.32 Å². The number of aromatic nitrogens is 2. The second-order valence-electron chi connectivity index (χ2n) is 5.44. The number of methoxy groups -OCH3 is 1. The number of ether oxygens (including phenoxy) is 1. The van der Waals surface area contributed by atoms with Gasteiger partial charge in [0.25, 0.3) is 11.6 Å². The number of amides is 1. The Bertz CT molecular complexity index is 801. The van der Waals surface area contributed by atoms with Gasteiger partial charge in [-0.25, -0.2) is 9.48 Å². The van der Waals surface area contributed by atoms with Crippen molar-refractivity contribution in [2.45, 2.75) is 12.5 Å². The molecule has 2 N–H and O–H groups in total. The van der Waals surface area contributed by atoms with Gasteiger partial charge in [0.05, 0.1) is 17.2 Å². The maximum atomic E-state index is 12.2. The fourth-order valence-electron chi connectivity index (χ4n) is 2.07. The third-order valence-corrected chi connectivity index (χ3v) is 3.44. The van der Waals surface area contributed by atoms with Crippen molar-refractivity contribution in [2.75, 3.05) is 13.7 Å². The zero-order valence-electron chi connectivity index (χ0n) is 13.5. The van der Waals surface area contributed by atoms with E-state index in [1.165, 1.54) is 55.2 Å². The molecule has 2 aromatic rings. The predicted molar refractivity (Wildman–Crippen MR) is 85.6 cm³/mol. The van der Waals surface area contributed by atoms with Gasteiger partial charge in [-0.2, -0.15) is 5.10 Å². The highest BCUT2D eigenvalue weighted by Crippen LogP contribution is 2.15. The van der Waals surface area contributed by atoms with Crippen LogP contribution in [0.2, 0.25) is 0 Å². The number of nitrogens with zero attached hydrogens (tertiary/aromatic N) is 3. The van der Waals surface area contributed by atoms with Crippen molar-refractivity contribution in [1.29, 1.82) is 0 Å². The van der Waals surface area contributed by atoms with Gasteiger partial charge in [0.2, 0.25) is 0 Å². The normalized spacial score (nSPS) is 13.0. The molecule has 1 amide bonds. The van der Waals surface area contributed by atoms with Crippen LogP contribution in [0.15, 0.2) is 36.5 Å². The number of hydrogen-bond acceptors (Lipinski definition) is 6. The largest absolute Gasteiger partial charge is 0.479 e. The number of hydrogen-bond donors (Lipinski definition) is 2. The number of non-ortho nitro benzene ring substituents is 1. The number of nitro benzene ring substituents is 1. The van der Waals surface area contributed by atoms with Gasteiger partial charge in [-0.3, -0.25) is 14.9 Å². The van der Waals surface area contributed by atoms with Crippen molar-refractivity contribution in [3.8, 4) is 5.69 Å². The minimum absolute atomic E-state index is 0.00179. The Morgan fingerprint density at radius 1 is 1.36 bits per heavy atom. The van der Waals surface area contributed by atoms with Crippen LogP contribution in [0.5, 0.6) is 0 Å². The van der Waals surface area contributed by atoms with Gasteiger partial charge in [0.1, 0.15) is 0 Å². The molecule has 0 aliphatic rings. The molecule has 2 rings (SSSR count). The number of nitro groups is 1. The molecule has 0 radical (unpaired) electrons. The number of carbonyl (C=O) groups is 2. The molecule has 1 aromatic heterocycles. The molecule has 0 aliphatic heterocycles. The summed E-state index contributed by atoms with van der Waals surface area (Å²) in [6.45, 7) is 1.11. The standard InChI is InChI=1S/C15H16N4O6/c1-15(9-25-2,14(21)22)16-13(20)12-7-8-18(17-12)10-3-5-11(6-4-10)19(23)24/h3-8H,9H2,1-2H3,(H,16,20)(H,21,22). The molecular formula is C15H16N4O6.